The van der Waals surface area contributed by atoms with Gasteiger partial charge in [-0.25, -0.2) is 9.78 Å². The highest BCUT2D eigenvalue weighted by molar-refractivity contribution is 5.97. The summed E-state index contributed by atoms with van der Waals surface area (Å²) in [5, 5.41) is 24.0. The van der Waals surface area contributed by atoms with Gasteiger partial charge in [0.25, 0.3) is 5.56 Å². The second-order valence-electron chi connectivity index (χ2n) is 20.2. The number of allylic oxidation sites excluding steroid dienone is 1. The normalized spacial score (nSPS) is 20.5. The summed E-state index contributed by atoms with van der Waals surface area (Å²) >= 11 is 0. The number of aliphatic hydroxyl groups is 1. The van der Waals surface area contributed by atoms with Crippen LogP contribution in [-0.2, 0) is 52.5 Å². The van der Waals surface area contributed by atoms with E-state index in [1.54, 1.807) is 36.6 Å². The van der Waals surface area contributed by atoms with Crippen molar-refractivity contribution in [1.29, 1.82) is 5.26 Å². The fourth-order valence-electron chi connectivity index (χ4n) is 11.5. The van der Waals surface area contributed by atoms with Crippen molar-refractivity contribution in [2.75, 3.05) is 69.8 Å². The van der Waals surface area contributed by atoms with Crippen LogP contribution in [0.4, 0.5) is 11.5 Å². The van der Waals surface area contributed by atoms with Gasteiger partial charge in [0.05, 0.1) is 53.7 Å². The highest BCUT2D eigenvalue weighted by atomic mass is 16.6. The van der Waals surface area contributed by atoms with E-state index >= 15 is 0 Å². The van der Waals surface area contributed by atoms with Gasteiger partial charge < -0.3 is 38.6 Å². The van der Waals surface area contributed by atoms with Crippen LogP contribution in [0.5, 0.6) is 11.8 Å². The van der Waals surface area contributed by atoms with Gasteiger partial charge in [0.2, 0.25) is 0 Å². The first-order chi connectivity index (χ1) is 35.9. The van der Waals surface area contributed by atoms with E-state index in [2.05, 4.69) is 83.1 Å². The number of aryl methyl sites for hydroxylation is 2. The Hall–Kier alpha value is -7.19. The molecule has 0 aliphatic carbocycles. The van der Waals surface area contributed by atoms with Gasteiger partial charge in [-0.2, -0.15) is 15.2 Å². The monoisotopic (exact) mass is 1000 g/mol. The zero-order valence-corrected chi connectivity index (χ0v) is 43.3. The maximum atomic E-state index is 13.4. The lowest BCUT2D eigenvalue weighted by Gasteiger charge is -2.41. The minimum absolute atomic E-state index is 0.0990. The quantitative estimate of drug-likeness (QED) is 0.0739. The number of cyclic esters (lactones) is 1. The maximum absolute atomic E-state index is 13.4. The third-order valence-electron chi connectivity index (χ3n) is 16.0. The van der Waals surface area contributed by atoms with Crippen molar-refractivity contribution < 1.29 is 28.9 Å². The predicted molar refractivity (Wildman–Crippen MR) is 285 cm³/mol. The molecule has 16 nitrogen and oxygen atoms in total. The molecular weight excluding hydrogens is 935 g/mol. The fourth-order valence-corrected chi connectivity index (χ4v) is 11.5. The van der Waals surface area contributed by atoms with E-state index in [0.717, 1.165) is 91.9 Å². The highest BCUT2D eigenvalue weighted by Gasteiger charge is 2.45. The number of aldehydes is 1. The Kier molecular flexibility index (Phi) is 14.3. The Morgan fingerprint density at radius 3 is 2.49 bits per heavy atom. The van der Waals surface area contributed by atoms with Crippen LogP contribution in [0.25, 0.3) is 33.1 Å². The smallest absolute Gasteiger partial charge is 0.343 e. The second-order valence-corrected chi connectivity index (χ2v) is 20.2. The minimum Gasteiger partial charge on any atom is -0.489 e. The molecule has 11 rings (SSSR count). The van der Waals surface area contributed by atoms with E-state index in [-0.39, 0.29) is 31.2 Å². The molecule has 0 saturated carbocycles. The third kappa shape index (κ3) is 9.26. The van der Waals surface area contributed by atoms with E-state index in [1.807, 2.05) is 19.1 Å². The molecule has 16 heteroatoms. The zero-order chi connectivity index (χ0) is 51.8. The first kappa shape index (κ1) is 50.3. The summed E-state index contributed by atoms with van der Waals surface area (Å²) < 4.78 is 18.9. The summed E-state index contributed by atoms with van der Waals surface area (Å²) in [7, 11) is 4.29. The molecule has 2 fully saturated rings. The number of benzene rings is 3. The Morgan fingerprint density at radius 1 is 0.932 bits per heavy atom. The molecule has 6 aromatic rings. The van der Waals surface area contributed by atoms with Crippen molar-refractivity contribution in [3.8, 4) is 29.2 Å². The maximum Gasteiger partial charge on any atom is 0.343 e. The van der Waals surface area contributed by atoms with Crippen LogP contribution in [0.3, 0.4) is 0 Å². The molecule has 1 N–H and O–H groups in total. The van der Waals surface area contributed by atoms with Gasteiger partial charge in [-0.1, -0.05) is 50.3 Å². The molecule has 5 aliphatic heterocycles. The molecule has 3 unspecified atom stereocenters. The number of carbonyl (C=O) groups excluding carboxylic acids is 2. The van der Waals surface area contributed by atoms with E-state index in [0.29, 0.717) is 71.9 Å². The number of ether oxygens (including phenoxy) is 3. The topological polar surface area (TPSA) is 179 Å². The number of aromatic nitrogens is 4. The summed E-state index contributed by atoms with van der Waals surface area (Å²) in [6.45, 7) is 14.1. The molecule has 0 amide bonds. The SMILES string of the molecule is C/C=C(/C=O)COc1ccc2nc3c(c(CC)c2c1)Cn1c-3cc2c(c1=O)COC(=O)C2(O)CC.Cc1cccc2cccc(N3CCc4c(nc(OCC5CCCN5C)nc4N4CCN(C)C(CC#N)C4)C3)c12. The van der Waals surface area contributed by atoms with Gasteiger partial charge in [-0.3, -0.25) is 14.5 Å². The molecule has 3 aromatic heterocycles. The molecule has 3 atom stereocenters. The van der Waals surface area contributed by atoms with Crippen LogP contribution < -0.4 is 24.8 Å². The van der Waals surface area contributed by atoms with Crippen LogP contribution in [0.1, 0.15) is 85.5 Å². The Balaban J connectivity index is 0.000000170. The summed E-state index contributed by atoms with van der Waals surface area (Å²) in [6.07, 6.45) is 7.06. The van der Waals surface area contributed by atoms with Crippen LogP contribution in [0.2, 0.25) is 0 Å². The average molecular weight is 1000 g/mol. The van der Waals surface area contributed by atoms with Crippen molar-refractivity contribution >= 4 is 45.4 Å². The third-order valence-corrected chi connectivity index (χ3v) is 16.0. The first-order valence-electron chi connectivity index (χ1n) is 26.0. The van der Waals surface area contributed by atoms with Crippen molar-refractivity contribution in [2.24, 2.45) is 0 Å². The molecule has 384 valence electrons. The number of pyridine rings is 2. The van der Waals surface area contributed by atoms with Crippen LogP contribution >= 0.6 is 0 Å². The second kappa shape index (κ2) is 21.0. The van der Waals surface area contributed by atoms with Gasteiger partial charge in [0.1, 0.15) is 37.7 Å². The van der Waals surface area contributed by atoms with Gasteiger partial charge >= 0.3 is 12.0 Å². The lowest BCUT2D eigenvalue weighted by Crippen LogP contribution is -2.52. The molecule has 3 aromatic carbocycles. The summed E-state index contributed by atoms with van der Waals surface area (Å²) in [4.78, 5) is 61.3. The Labute approximate surface area is 431 Å². The highest BCUT2D eigenvalue weighted by Crippen LogP contribution is 2.41. The number of fused-ring (bicyclic) bond motifs is 7. The van der Waals surface area contributed by atoms with E-state index in [9.17, 15) is 24.8 Å². The number of carbonyl (C=O) groups is 2. The number of piperazine rings is 1. The van der Waals surface area contributed by atoms with E-state index in [1.165, 1.54) is 34.0 Å². The van der Waals surface area contributed by atoms with Crippen molar-refractivity contribution in [2.45, 2.75) is 104 Å². The number of nitrogens with zero attached hydrogens (tertiary/aromatic N) is 9. The van der Waals surface area contributed by atoms with Gasteiger partial charge in [0, 0.05) is 77.0 Å². The largest absolute Gasteiger partial charge is 0.489 e. The number of hydrogen-bond acceptors (Lipinski definition) is 15. The van der Waals surface area contributed by atoms with Crippen LogP contribution in [0.15, 0.2) is 77.1 Å². The Bertz CT molecular complexity index is 3310. The minimum atomic E-state index is -1.85. The summed E-state index contributed by atoms with van der Waals surface area (Å²) in [6, 6.07) is 23.9. The number of anilines is 2. The summed E-state index contributed by atoms with van der Waals surface area (Å²) in [5.41, 5.74) is 7.88. The molecule has 2 saturated heterocycles. The van der Waals surface area contributed by atoms with Crippen molar-refractivity contribution in [1.82, 2.24) is 29.3 Å². The van der Waals surface area contributed by atoms with Gasteiger partial charge in [-0.15, -0.1) is 0 Å². The molecule has 0 bridgehead atoms. The fraction of sp³-hybridized carbons (Fsp3) is 0.431. The molecule has 8 heterocycles. The van der Waals surface area contributed by atoms with Gasteiger partial charge in [-0.05, 0) is 113 Å². The van der Waals surface area contributed by atoms with E-state index < -0.39 is 11.6 Å². The average Bonchev–Trinajstić information content (AvgIpc) is 4.02. The molecular formula is C58H65N9O7. The number of nitriles is 1. The number of rotatable bonds is 12. The lowest BCUT2D eigenvalue weighted by atomic mass is 9.86. The molecule has 5 aliphatic rings. The van der Waals surface area contributed by atoms with Crippen LogP contribution in [0, 0.1) is 18.3 Å². The predicted octanol–water partition coefficient (Wildman–Crippen LogP) is 7.17. The first-order valence-corrected chi connectivity index (χ1v) is 26.0. The molecule has 74 heavy (non-hydrogen) atoms. The number of esters is 1. The summed E-state index contributed by atoms with van der Waals surface area (Å²) in [5.74, 6) is 0.889. The van der Waals surface area contributed by atoms with Gasteiger partial charge in [0.15, 0.2) is 5.60 Å². The van der Waals surface area contributed by atoms with Crippen molar-refractivity contribution in [3.63, 3.8) is 0 Å². The van der Waals surface area contributed by atoms with Crippen molar-refractivity contribution in [3.05, 3.63) is 122 Å². The number of hydrogen-bond donors (Lipinski definition) is 1. The number of likely N-dealkylation sites (N-methyl/N-ethyl adjacent to an activating group) is 2. The number of likely N-dealkylation sites (tertiary alicyclic amines) is 1. The lowest BCUT2D eigenvalue weighted by molar-refractivity contribution is -0.172. The van der Waals surface area contributed by atoms with E-state index in [4.69, 9.17) is 29.2 Å². The zero-order valence-electron chi connectivity index (χ0n) is 43.3. The molecule has 0 radical (unpaired) electrons. The van der Waals surface area contributed by atoms with Crippen LogP contribution in [-0.4, -0.2) is 119 Å². The molecule has 0 spiro atoms. The Morgan fingerprint density at radius 2 is 1.74 bits per heavy atom. The standard InChI is InChI=1S/C31H39N7O.C27H26N2O6/c1-22-7-4-8-23-9-5-11-28(29(22)23)37-16-13-26-27(20-37)33-31(39-21-25-10-6-15-35(25)2)34-30(26)38-18-17-36(3)24(19-38)12-14-32;1-4-15(12-30)13-34-16-7-8-22-18(9-16)17(5-2)19-11-29-23(24(19)28-22)10-21-20(25(29)31)14-35-26(32)27(21,33)6-3/h4-5,7-9,11,24-25H,6,10,12-13,15-21H2,1-3H3;4,7-10,12,33H,5-6,11,13-14H2,1-3H3/b;15-4-.